The van der Waals surface area contributed by atoms with Crippen molar-refractivity contribution in [3.8, 4) is 0 Å². The number of carbonyl (C=O) groups is 2. The SMILES string of the molecule is CC(C)(C)OC(=O)NCCC(=O)N[C@H]1CCc2nc(N)sc2C1. The van der Waals surface area contributed by atoms with E-state index in [1.54, 1.807) is 20.8 Å². The summed E-state index contributed by atoms with van der Waals surface area (Å²) in [7, 11) is 0. The van der Waals surface area contributed by atoms with Crippen LogP contribution in [-0.2, 0) is 22.4 Å². The monoisotopic (exact) mass is 340 g/mol. The Morgan fingerprint density at radius 1 is 1.43 bits per heavy atom. The van der Waals surface area contributed by atoms with Gasteiger partial charge in [-0.1, -0.05) is 0 Å². The van der Waals surface area contributed by atoms with Crippen molar-refractivity contribution in [3.63, 3.8) is 0 Å². The molecule has 1 heterocycles. The van der Waals surface area contributed by atoms with E-state index in [9.17, 15) is 9.59 Å². The number of fused-ring (bicyclic) bond motifs is 1. The van der Waals surface area contributed by atoms with Crippen molar-refractivity contribution in [2.75, 3.05) is 12.3 Å². The first kappa shape index (κ1) is 17.5. The second kappa shape index (κ2) is 7.16. The number of carbonyl (C=O) groups excluding carboxylic acids is 2. The third-order valence-electron chi connectivity index (χ3n) is 3.34. The lowest BCUT2D eigenvalue weighted by atomic mass is 9.97. The standard InChI is InChI=1S/C15H24N4O3S/c1-15(2,3)22-14(21)17-7-6-12(20)18-9-4-5-10-11(8-9)23-13(16)19-10/h9H,4-8H2,1-3H3,(H2,16,19)(H,17,21)(H,18,20)/t9-/m0/s1. The first-order chi connectivity index (χ1) is 10.7. The molecule has 0 aromatic carbocycles. The zero-order chi connectivity index (χ0) is 17.0. The molecule has 2 amide bonds. The molecule has 0 unspecified atom stereocenters. The van der Waals surface area contributed by atoms with E-state index in [0.29, 0.717) is 5.13 Å². The molecule has 8 heteroatoms. The Morgan fingerprint density at radius 3 is 2.87 bits per heavy atom. The summed E-state index contributed by atoms with van der Waals surface area (Å²) in [5, 5.41) is 6.16. The van der Waals surface area contributed by atoms with E-state index in [0.717, 1.165) is 29.8 Å². The average molecular weight is 340 g/mol. The van der Waals surface area contributed by atoms with Gasteiger partial charge in [0.1, 0.15) is 5.60 Å². The second-order valence-corrected chi connectivity index (χ2v) is 7.72. The summed E-state index contributed by atoms with van der Waals surface area (Å²) < 4.78 is 5.11. The maximum absolute atomic E-state index is 12.0. The van der Waals surface area contributed by atoms with Gasteiger partial charge in [0.25, 0.3) is 0 Å². The first-order valence-corrected chi connectivity index (χ1v) is 8.55. The number of thiazole rings is 1. The van der Waals surface area contributed by atoms with Crippen LogP contribution in [0.4, 0.5) is 9.93 Å². The molecule has 0 radical (unpaired) electrons. The Balaban J connectivity index is 1.69. The third kappa shape index (κ3) is 5.70. The van der Waals surface area contributed by atoms with Gasteiger partial charge in [-0.2, -0.15) is 0 Å². The van der Waals surface area contributed by atoms with Crippen LogP contribution in [0.1, 0.15) is 44.2 Å². The molecule has 128 valence electrons. The molecule has 1 aromatic rings. The fourth-order valence-electron chi connectivity index (χ4n) is 2.41. The van der Waals surface area contributed by atoms with Crippen LogP contribution in [0.3, 0.4) is 0 Å². The fraction of sp³-hybridized carbons (Fsp3) is 0.667. The summed E-state index contributed by atoms with van der Waals surface area (Å²) in [4.78, 5) is 28.9. The largest absolute Gasteiger partial charge is 0.444 e. The fourth-order valence-corrected chi connectivity index (χ4v) is 3.37. The van der Waals surface area contributed by atoms with E-state index >= 15 is 0 Å². The Labute approximate surface area is 140 Å². The highest BCUT2D eigenvalue weighted by Gasteiger charge is 2.23. The number of hydrogen-bond donors (Lipinski definition) is 3. The molecule has 1 aromatic heterocycles. The molecule has 1 atom stereocenters. The Morgan fingerprint density at radius 2 is 2.17 bits per heavy atom. The second-order valence-electron chi connectivity index (χ2n) is 6.61. The van der Waals surface area contributed by atoms with Crippen LogP contribution in [0.5, 0.6) is 0 Å². The zero-order valence-electron chi connectivity index (χ0n) is 13.8. The number of nitrogen functional groups attached to an aromatic ring is 1. The van der Waals surface area contributed by atoms with Gasteiger partial charge in [-0.15, -0.1) is 11.3 Å². The smallest absolute Gasteiger partial charge is 0.407 e. The lowest BCUT2D eigenvalue weighted by Crippen LogP contribution is -2.40. The Hall–Kier alpha value is -1.83. The summed E-state index contributed by atoms with van der Waals surface area (Å²) in [6.45, 7) is 5.64. The van der Waals surface area contributed by atoms with Gasteiger partial charge in [-0.3, -0.25) is 4.79 Å². The summed E-state index contributed by atoms with van der Waals surface area (Å²) in [5.41, 5.74) is 6.23. The van der Waals surface area contributed by atoms with E-state index in [1.807, 2.05) is 0 Å². The quantitative estimate of drug-likeness (QED) is 0.772. The van der Waals surface area contributed by atoms with E-state index < -0.39 is 11.7 Å². The average Bonchev–Trinajstić information content (AvgIpc) is 2.75. The number of anilines is 1. The van der Waals surface area contributed by atoms with Crippen molar-refractivity contribution in [1.29, 1.82) is 0 Å². The number of nitrogens with zero attached hydrogens (tertiary/aromatic N) is 1. The number of rotatable bonds is 4. The molecule has 4 N–H and O–H groups in total. The highest BCUT2D eigenvalue weighted by molar-refractivity contribution is 7.15. The predicted octanol–water partition coefficient (Wildman–Crippen LogP) is 1.61. The number of ether oxygens (including phenoxy) is 1. The molecule has 0 fully saturated rings. The summed E-state index contributed by atoms with van der Waals surface area (Å²) in [6, 6.07) is 0.108. The topological polar surface area (TPSA) is 106 Å². The number of aromatic nitrogens is 1. The molecule has 0 bridgehead atoms. The molecule has 1 aliphatic rings. The van der Waals surface area contributed by atoms with Crippen molar-refractivity contribution in [3.05, 3.63) is 10.6 Å². The lowest BCUT2D eigenvalue weighted by molar-refractivity contribution is -0.121. The van der Waals surface area contributed by atoms with Gasteiger partial charge >= 0.3 is 6.09 Å². The van der Waals surface area contributed by atoms with Crippen LogP contribution in [0.2, 0.25) is 0 Å². The number of nitrogens with two attached hydrogens (primary N) is 1. The zero-order valence-corrected chi connectivity index (χ0v) is 14.6. The molecule has 7 nitrogen and oxygen atoms in total. The minimum atomic E-state index is -0.539. The molecular weight excluding hydrogens is 316 g/mol. The van der Waals surface area contributed by atoms with E-state index in [2.05, 4.69) is 15.6 Å². The number of nitrogens with one attached hydrogen (secondary N) is 2. The van der Waals surface area contributed by atoms with Crippen LogP contribution >= 0.6 is 11.3 Å². The number of amides is 2. The Bertz CT molecular complexity index is 580. The van der Waals surface area contributed by atoms with Crippen molar-refractivity contribution in [2.24, 2.45) is 0 Å². The maximum atomic E-state index is 12.0. The van der Waals surface area contributed by atoms with Gasteiger partial charge in [0.15, 0.2) is 5.13 Å². The van der Waals surface area contributed by atoms with Gasteiger partial charge in [-0.25, -0.2) is 9.78 Å². The predicted molar refractivity (Wildman–Crippen MR) is 89.3 cm³/mol. The Kier molecular flexibility index (Phi) is 5.46. The van der Waals surface area contributed by atoms with E-state index in [-0.39, 0.29) is 24.9 Å². The van der Waals surface area contributed by atoms with Crippen LogP contribution in [0.15, 0.2) is 0 Å². The molecule has 0 saturated carbocycles. The molecule has 23 heavy (non-hydrogen) atoms. The van der Waals surface area contributed by atoms with Gasteiger partial charge in [0.05, 0.1) is 5.69 Å². The normalized spacial score (nSPS) is 17.3. The van der Waals surface area contributed by atoms with Crippen molar-refractivity contribution >= 4 is 28.5 Å². The van der Waals surface area contributed by atoms with Gasteiger partial charge in [0, 0.05) is 30.3 Å². The summed E-state index contributed by atoms with van der Waals surface area (Å²) in [6.07, 6.45) is 2.20. The first-order valence-electron chi connectivity index (χ1n) is 7.73. The van der Waals surface area contributed by atoms with Crippen molar-refractivity contribution < 1.29 is 14.3 Å². The number of alkyl carbamates (subject to hydrolysis) is 1. The highest BCUT2D eigenvalue weighted by atomic mass is 32.1. The summed E-state index contributed by atoms with van der Waals surface area (Å²) in [5.74, 6) is -0.0769. The molecular formula is C15H24N4O3S. The van der Waals surface area contributed by atoms with E-state index in [4.69, 9.17) is 10.5 Å². The number of hydrogen-bond acceptors (Lipinski definition) is 6. The van der Waals surface area contributed by atoms with Gasteiger partial charge in [-0.05, 0) is 33.6 Å². The van der Waals surface area contributed by atoms with Gasteiger partial charge < -0.3 is 21.1 Å². The number of aryl methyl sites for hydroxylation is 1. The third-order valence-corrected chi connectivity index (χ3v) is 4.29. The molecule has 1 aliphatic carbocycles. The van der Waals surface area contributed by atoms with Crippen LogP contribution in [0, 0.1) is 0 Å². The van der Waals surface area contributed by atoms with E-state index in [1.165, 1.54) is 11.3 Å². The van der Waals surface area contributed by atoms with Crippen molar-refractivity contribution in [2.45, 2.75) is 58.1 Å². The minimum absolute atomic E-state index is 0.0769. The van der Waals surface area contributed by atoms with Crippen LogP contribution in [0.25, 0.3) is 0 Å². The minimum Gasteiger partial charge on any atom is -0.444 e. The van der Waals surface area contributed by atoms with Crippen LogP contribution < -0.4 is 16.4 Å². The van der Waals surface area contributed by atoms with Crippen LogP contribution in [-0.4, -0.2) is 35.2 Å². The molecule has 2 rings (SSSR count). The molecule has 0 saturated heterocycles. The lowest BCUT2D eigenvalue weighted by Gasteiger charge is -2.22. The van der Waals surface area contributed by atoms with Gasteiger partial charge in [0.2, 0.25) is 5.91 Å². The maximum Gasteiger partial charge on any atom is 0.407 e. The highest BCUT2D eigenvalue weighted by Crippen LogP contribution is 2.28. The molecule has 0 aliphatic heterocycles. The summed E-state index contributed by atoms with van der Waals surface area (Å²) >= 11 is 1.49. The molecule has 0 spiro atoms. The van der Waals surface area contributed by atoms with Crippen molar-refractivity contribution in [1.82, 2.24) is 15.6 Å².